The zero-order chi connectivity index (χ0) is 14.5. The Labute approximate surface area is 121 Å². The molecule has 1 heterocycles. The molecule has 106 valence electrons. The normalized spacial score (nSPS) is 10.3. The average Bonchev–Trinajstić information content (AvgIpc) is 2.87. The minimum Gasteiger partial charge on any atom is -0.508 e. The number of benzene rings is 1. The van der Waals surface area contributed by atoms with Gasteiger partial charge in [0.05, 0.1) is 12.2 Å². The van der Waals surface area contributed by atoms with Gasteiger partial charge < -0.3 is 10.4 Å². The highest BCUT2D eigenvalue weighted by Crippen LogP contribution is 2.21. The first-order valence-corrected chi connectivity index (χ1v) is 7.23. The van der Waals surface area contributed by atoms with Crippen molar-refractivity contribution >= 4 is 28.1 Å². The van der Waals surface area contributed by atoms with Crippen molar-refractivity contribution in [2.75, 3.05) is 16.8 Å². The first-order valence-electron chi connectivity index (χ1n) is 6.35. The lowest BCUT2D eigenvalue weighted by Crippen LogP contribution is -2.27. The number of carbonyl (C=O) groups is 1. The standard InChI is InChI=1S/C14H17N3O2S/c1-3-17(10(2)18)14-16-12(9-20-14)8-15-11-4-6-13(19)7-5-11/h4-7,9,15,19H,3,8H2,1-2H3. The highest BCUT2D eigenvalue weighted by molar-refractivity contribution is 7.14. The van der Waals surface area contributed by atoms with E-state index in [2.05, 4.69) is 10.3 Å². The maximum absolute atomic E-state index is 11.4. The molecular formula is C14H17N3O2S. The van der Waals surface area contributed by atoms with Gasteiger partial charge in [0.2, 0.25) is 5.91 Å². The molecule has 5 nitrogen and oxygen atoms in total. The Bertz CT molecular complexity index is 580. The summed E-state index contributed by atoms with van der Waals surface area (Å²) in [6.07, 6.45) is 0. The topological polar surface area (TPSA) is 65.5 Å². The molecule has 0 radical (unpaired) electrons. The number of hydrogen-bond acceptors (Lipinski definition) is 5. The molecular weight excluding hydrogens is 274 g/mol. The van der Waals surface area contributed by atoms with Gasteiger partial charge in [-0.2, -0.15) is 0 Å². The number of carbonyl (C=O) groups excluding carboxylic acids is 1. The molecule has 0 aliphatic rings. The summed E-state index contributed by atoms with van der Waals surface area (Å²) in [4.78, 5) is 17.5. The van der Waals surface area contributed by atoms with Gasteiger partial charge in [-0.25, -0.2) is 4.98 Å². The minimum atomic E-state index is -0.0000984. The first kappa shape index (κ1) is 14.3. The fourth-order valence-corrected chi connectivity index (χ4v) is 2.70. The van der Waals surface area contributed by atoms with E-state index in [0.29, 0.717) is 13.1 Å². The monoisotopic (exact) mass is 291 g/mol. The summed E-state index contributed by atoms with van der Waals surface area (Å²) in [5, 5.41) is 15.1. The van der Waals surface area contributed by atoms with Crippen LogP contribution in [0.4, 0.5) is 10.8 Å². The second-order valence-corrected chi connectivity index (χ2v) is 5.12. The van der Waals surface area contributed by atoms with Crippen molar-refractivity contribution in [1.29, 1.82) is 0 Å². The Balaban J connectivity index is 1.99. The van der Waals surface area contributed by atoms with Crippen molar-refractivity contribution in [3.63, 3.8) is 0 Å². The number of phenols is 1. The summed E-state index contributed by atoms with van der Waals surface area (Å²) in [6, 6.07) is 6.86. The molecule has 6 heteroatoms. The molecule has 0 unspecified atom stereocenters. The van der Waals surface area contributed by atoms with Crippen LogP contribution in [0, 0.1) is 0 Å². The molecule has 20 heavy (non-hydrogen) atoms. The highest BCUT2D eigenvalue weighted by Gasteiger charge is 2.13. The third-order valence-corrected chi connectivity index (χ3v) is 3.72. The van der Waals surface area contributed by atoms with Gasteiger partial charge in [0.25, 0.3) is 0 Å². The zero-order valence-electron chi connectivity index (χ0n) is 11.5. The second-order valence-electron chi connectivity index (χ2n) is 4.29. The summed E-state index contributed by atoms with van der Waals surface area (Å²) in [6.45, 7) is 4.67. The summed E-state index contributed by atoms with van der Waals surface area (Å²) in [5.74, 6) is 0.242. The van der Waals surface area contributed by atoms with E-state index in [9.17, 15) is 9.90 Å². The van der Waals surface area contributed by atoms with Crippen molar-refractivity contribution in [2.45, 2.75) is 20.4 Å². The number of nitrogens with zero attached hydrogens (tertiary/aromatic N) is 2. The van der Waals surface area contributed by atoms with Gasteiger partial charge in [0.1, 0.15) is 5.75 Å². The SMILES string of the molecule is CCN(C(C)=O)c1nc(CNc2ccc(O)cc2)cs1. The number of aromatic hydroxyl groups is 1. The Hall–Kier alpha value is -2.08. The molecule has 0 bridgehead atoms. The van der Waals surface area contributed by atoms with E-state index in [0.717, 1.165) is 16.5 Å². The van der Waals surface area contributed by atoms with Gasteiger partial charge in [0.15, 0.2) is 5.13 Å². The van der Waals surface area contributed by atoms with Crippen LogP contribution in [0.25, 0.3) is 0 Å². The van der Waals surface area contributed by atoms with Crippen molar-refractivity contribution in [3.8, 4) is 5.75 Å². The molecule has 1 aromatic carbocycles. The largest absolute Gasteiger partial charge is 0.508 e. The molecule has 1 amide bonds. The molecule has 0 aliphatic heterocycles. The summed E-state index contributed by atoms with van der Waals surface area (Å²) >= 11 is 1.46. The molecule has 0 fully saturated rings. The Morgan fingerprint density at radius 2 is 2.10 bits per heavy atom. The van der Waals surface area contributed by atoms with E-state index in [-0.39, 0.29) is 11.7 Å². The van der Waals surface area contributed by atoms with Crippen LogP contribution >= 0.6 is 11.3 Å². The van der Waals surface area contributed by atoms with E-state index in [1.165, 1.54) is 11.3 Å². The van der Waals surface area contributed by atoms with Gasteiger partial charge in [-0.05, 0) is 31.2 Å². The van der Waals surface area contributed by atoms with E-state index in [1.54, 1.807) is 36.1 Å². The van der Waals surface area contributed by atoms with E-state index in [4.69, 9.17) is 0 Å². The van der Waals surface area contributed by atoms with E-state index < -0.39 is 0 Å². The van der Waals surface area contributed by atoms with Gasteiger partial charge in [-0.3, -0.25) is 9.69 Å². The number of anilines is 2. The van der Waals surface area contributed by atoms with Crippen LogP contribution in [0.3, 0.4) is 0 Å². The maximum atomic E-state index is 11.4. The highest BCUT2D eigenvalue weighted by atomic mass is 32.1. The third-order valence-electron chi connectivity index (χ3n) is 2.81. The molecule has 2 aromatic rings. The summed E-state index contributed by atoms with van der Waals surface area (Å²) < 4.78 is 0. The van der Waals surface area contributed by atoms with Crippen LogP contribution < -0.4 is 10.2 Å². The number of rotatable bonds is 5. The lowest BCUT2D eigenvalue weighted by molar-refractivity contribution is -0.116. The number of amides is 1. The van der Waals surface area contributed by atoms with Gasteiger partial charge in [-0.1, -0.05) is 0 Å². The Kier molecular flexibility index (Phi) is 4.57. The fraction of sp³-hybridized carbons (Fsp3) is 0.286. The third kappa shape index (κ3) is 3.48. The van der Waals surface area contributed by atoms with Gasteiger partial charge >= 0.3 is 0 Å². The molecule has 0 saturated heterocycles. The zero-order valence-corrected chi connectivity index (χ0v) is 12.3. The lowest BCUT2D eigenvalue weighted by atomic mass is 10.3. The van der Waals surface area contributed by atoms with Crippen molar-refractivity contribution in [1.82, 2.24) is 4.98 Å². The van der Waals surface area contributed by atoms with Crippen LogP contribution in [0.5, 0.6) is 5.75 Å². The molecule has 0 saturated carbocycles. The quantitative estimate of drug-likeness (QED) is 0.831. The fourth-order valence-electron chi connectivity index (χ4n) is 1.77. The number of hydrogen-bond donors (Lipinski definition) is 2. The Morgan fingerprint density at radius 1 is 1.40 bits per heavy atom. The minimum absolute atomic E-state index is 0.0000984. The van der Waals surface area contributed by atoms with Gasteiger partial charge in [0, 0.05) is 24.5 Å². The predicted molar refractivity (Wildman–Crippen MR) is 81.2 cm³/mol. The molecule has 0 atom stereocenters. The van der Waals surface area contributed by atoms with Crippen LogP contribution in [-0.2, 0) is 11.3 Å². The van der Waals surface area contributed by atoms with Crippen LogP contribution in [0.15, 0.2) is 29.6 Å². The van der Waals surface area contributed by atoms with E-state index in [1.807, 2.05) is 12.3 Å². The smallest absolute Gasteiger partial charge is 0.225 e. The van der Waals surface area contributed by atoms with Crippen molar-refractivity contribution < 1.29 is 9.90 Å². The number of phenolic OH excluding ortho intramolecular Hbond substituents is 1. The molecule has 2 rings (SSSR count). The van der Waals surface area contributed by atoms with Crippen molar-refractivity contribution in [3.05, 3.63) is 35.3 Å². The molecule has 2 N–H and O–H groups in total. The Morgan fingerprint density at radius 3 is 2.70 bits per heavy atom. The molecule has 0 spiro atoms. The summed E-state index contributed by atoms with van der Waals surface area (Å²) in [7, 11) is 0. The number of thiazole rings is 1. The number of aromatic nitrogens is 1. The number of nitrogens with one attached hydrogen (secondary N) is 1. The van der Waals surface area contributed by atoms with Crippen LogP contribution in [0.2, 0.25) is 0 Å². The molecule has 1 aromatic heterocycles. The first-order chi connectivity index (χ1) is 9.60. The van der Waals surface area contributed by atoms with Gasteiger partial charge in [-0.15, -0.1) is 11.3 Å². The average molecular weight is 291 g/mol. The lowest BCUT2D eigenvalue weighted by Gasteiger charge is -2.14. The van der Waals surface area contributed by atoms with Crippen LogP contribution in [-0.4, -0.2) is 22.5 Å². The maximum Gasteiger partial charge on any atom is 0.225 e. The predicted octanol–water partition coefficient (Wildman–Crippen LogP) is 2.83. The van der Waals surface area contributed by atoms with Crippen LogP contribution in [0.1, 0.15) is 19.5 Å². The van der Waals surface area contributed by atoms with E-state index >= 15 is 0 Å². The van der Waals surface area contributed by atoms with Crippen molar-refractivity contribution in [2.24, 2.45) is 0 Å². The summed E-state index contributed by atoms with van der Waals surface area (Å²) in [5.41, 5.74) is 1.80. The second kappa shape index (κ2) is 6.38. The molecule has 0 aliphatic carbocycles.